The van der Waals surface area contributed by atoms with E-state index in [1.165, 1.54) is 32.1 Å². The van der Waals surface area contributed by atoms with E-state index in [0.717, 1.165) is 50.1 Å². The molecular formula is C15H28N6. The Hall–Kier alpha value is -1.59. The first kappa shape index (κ1) is 15.8. The molecule has 6 nitrogen and oxygen atoms in total. The van der Waals surface area contributed by atoms with Gasteiger partial charge >= 0.3 is 0 Å². The number of hydrogen-bond acceptors (Lipinski definition) is 3. The summed E-state index contributed by atoms with van der Waals surface area (Å²) in [6, 6.07) is 0. The second kappa shape index (κ2) is 8.64. The van der Waals surface area contributed by atoms with Crippen LogP contribution in [0.15, 0.2) is 4.99 Å². The zero-order chi connectivity index (χ0) is 14.9. The van der Waals surface area contributed by atoms with Gasteiger partial charge in [-0.15, -0.1) is 10.2 Å². The van der Waals surface area contributed by atoms with E-state index in [0.29, 0.717) is 0 Å². The lowest BCUT2D eigenvalue weighted by Gasteiger charge is -2.12. The standard InChI is InChI=1S/C15H28N6/c1-3-4-10-17-15(16-2)18-11-9-14-20-19-13-8-6-5-7-12-21(13)14/h3-12H2,1-2H3,(H2,16,17,18). The van der Waals surface area contributed by atoms with Crippen molar-refractivity contribution in [1.29, 1.82) is 0 Å². The van der Waals surface area contributed by atoms with Crippen LogP contribution in [0.3, 0.4) is 0 Å². The van der Waals surface area contributed by atoms with Crippen molar-refractivity contribution >= 4 is 5.96 Å². The van der Waals surface area contributed by atoms with Gasteiger partial charge in [-0.2, -0.15) is 0 Å². The highest BCUT2D eigenvalue weighted by Gasteiger charge is 2.14. The van der Waals surface area contributed by atoms with Gasteiger partial charge in [-0.25, -0.2) is 0 Å². The highest BCUT2D eigenvalue weighted by atomic mass is 15.3. The fourth-order valence-electron chi connectivity index (χ4n) is 2.63. The fourth-order valence-corrected chi connectivity index (χ4v) is 2.63. The third-order valence-electron chi connectivity index (χ3n) is 3.87. The molecule has 1 aromatic rings. The van der Waals surface area contributed by atoms with Gasteiger partial charge in [0.05, 0.1) is 0 Å². The van der Waals surface area contributed by atoms with E-state index in [4.69, 9.17) is 0 Å². The minimum atomic E-state index is 0.837. The molecule has 0 bridgehead atoms. The van der Waals surface area contributed by atoms with E-state index >= 15 is 0 Å². The van der Waals surface area contributed by atoms with Gasteiger partial charge in [-0.3, -0.25) is 4.99 Å². The van der Waals surface area contributed by atoms with Crippen molar-refractivity contribution in [3.8, 4) is 0 Å². The zero-order valence-electron chi connectivity index (χ0n) is 13.4. The van der Waals surface area contributed by atoms with Crippen LogP contribution >= 0.6 is 0 Å². The van der Waals surface area contributed by atoms with Crippen LogP contribution in [0.25, 0.3) is 0 Å². The minimum Gasteiger partial charge on any atom is -0.356 e. The number of unbranched alkanes of at least 4 members (excludes halogenated alkanes) is 1. The van der Waals surface area contributed by atoms with Gasteiger partial charge in [0.25, 0.3) is 0 Å². The maximum atomic E-state index is 4.35. The molecule has 0 amide bonds. The van der Waals surface area contributed by atoms with Crippen LogP contribution in [-0.2, 0) is 19.4 Å². The summed E-state index contributed by atoms with van der Waals surface area (Å²) in [6.45, 7) is 5.07. The van der Waals surface area contributed by atoms with Crippen LogP contribution < -0.4 is 10.6 Å². The molecule has 0 aromatic carbocycles. The molecule has 0 unspecified atom stereocenters. The number of aliphatic imine (C=N–C) groups is 1. The highest BCUT2D eigenvalue weighted by molar-refractivity contribution is 5.79. The lowest BCUT2D eigenvalue weighted by molar-refractivity contribution is 0.600. The zero-order valence-corrected chi connectivity index (χ0v) is 13.4. The molecule has 6 heteroatoms. The Bertz CT molecular complexity index is 451. The molecule has 0 aliphatic carbocycles. The molecular weight excluding hydrogens is 264 g/mol. The van der Waals surface area contributed by atoms with Crippen LogP contribution in [0, 0.1) is 0 Å². The van der Waals surface area contributed by atoms with Crippen molar-refractivity contribution in [3.05, 3.63) is 11.6 Å². The number of nitrogens with one attached hydrogen (secondary N) is 2. The molecule has 2 N–H and O–H groups in total. The average molecular weight is 292 g/mol. The largest absolute Gasteiger partial charge is 0.356 e. The van der Waals surface area contributed by atoms with E-state index in [1.54, 1.807) is 0 Å². The quantitative estimate of drug-likeness (QED) is 0.474. The molecule has 0 spiro atoms. The summed E-state index contributed by atoms with van der Waals surface area (Å²) < 4.78 is 2.31. The number of aromatic nitrogens is 3. The van der Waals surface area contributed by atoms with E-state index in [9.17, 15) is 0 Å². The van der Waals surface area contributed by atoms with Gasteiger partial charge in [0.15, 0.2) is 5.96 Å². The molecule has 2 heterocycles. The number of nitrogens with zero attached hydrogens (tertiary/aromatic N) is 4. The summed E-state index contributed by atoms with van der Waals surface area (Å²) in [5.74, 6) is 3.13. The lowest BCUT2D eigenvalue weighted by Crippen LogP contribution is -2.38. The number of fused-ring (bicyclic) bond motifs is 1. The normalized spacial score (nSPS) is 15.4. The second-order valence-electron chi connectivity index (χ2n) is 5.52. The number of guanidine groups is 1. The van der Waals surface area contributed by atoms with Crippen molar-refractivity contribution in [1.82, 2.24) is 25.4 Å². The van der Waals surface area contributed by atoms with E-state index in [-0.39, 0.29) is 0 Å². The van der Waals surface area contributed by atoms with Gasteiger partial charge in [-0.1, -0.05) is 19.8 Å². The molecule has 1 aliphatic rings. The second-order valence-corrected chi connectivity index (χ2v) is 5.52. The molecule has 0 saturated carbocycles. The lowest BCUT2D eigenvalue weighted by atomic mass is 10.2. The summed E-state index contributed by atoms with van der Waals surface area (Å²) in [7, 11) is 1.81. The van der Waals surface area contributed by atoms with Gasteiger partial charge < -0.3 is 15.2 Å². The molecule has 0 fully saturated rings. The van der Waals surface area contributed by atoms with E-state index in [1.807, 2.05) is 7.05 Å². The van der Waals surface area contributed by atoms with Crippen LogP contribution in [-0.4, -0.2) is 40.9 Å². The van der Waals surface area contributed by atoms with Crippen molar-refractivity contribution in [2.24, 2.45) is 4.99 Å². The SMILES string of the molecule is CCCCNC(=NC)NCCc1nnc2n1CCCCC2. The number of rotatable bonds is 6. The molecule has 0 atom stereocenters. The van der Waals surface area contributed by atoms with E-state index < -0.39 is 0 Å². The Labute approximate surface area is 127 Å². The Kier molecular flexibility index (Phi) is 6.50. The van der Waals surface area contributed by atoms with Gasteiger partial charge in [-0.05, 0) is 19.3 Å². The first-order chi connectivity index (χ1) is 10.3. The number of aryl methyl sites for hydroxylation is 1. The smallest absolute Gasteiger partial charge is 0.190 e. The van der Waals surface area contributed by atoms with Crippen LogP contribution in [0.1, 0.15) is 50.7 Å². The first-order valence-corrected chi connectivity index (χ1v) is 8.20. The maximum Gasteiger partial charge on any atom is 0.190 e. The Morgan fingerprint density at radius 3 is 2.86 bits per heavy atom. The molecule has 0 radical (unpaired) electrons. The van der Waals surface area contributed by atoms with Gasteiger partial charge in [0.1, 0.15) is 11.6 Å². The third kappa shape index (κ3) is 4.72. The van der Waals surface area contributed by atoms with Crippen molar-refractivity contribution in [3.63, 3.8) is 0 Å². The van der Waals surface area contributed by atoms with Crippen molar-refractivity contribution < 1.29 is 0 Å². The predicted octanol–water partition coefficient (Wildman–Crippen LogP) is 1.51. The summed E-state index contributed by atoms with van der Waals surface area (Å²) in [6.07, 6.45) is 8.10. The van der Waals surface area contributed by atoms with Crippen LogP contribution in [0.2, 0.25) is 0 Å². The summed E-state index contributed by atoms with van der Waals surface area (Å²) in [5, 5.41) is 15.4. The number of hydrogen-bond donors (Lipinski definition) is 2. The Morgan fingerprint density at radius 1 is 1.19 bits per heavy atom. The highest BCUT2D eigenvalue weighted by Crippen LogP contribution is 2.14. The van der Waals surface area contributed by atoms with E-state index in [2.05, 4.69) is 37.3 Å². The molecule has 21 heavy (non-hydrogen) atoms. The molecule has 0 saturated heterocycles. The Balaban J connectivity index is 1.79. The third-order valence-corrected chi connectivity index (χ3v) is 3.87. The molecule has 1 aromatic heterocycles. The first-order valence-electron chi connectivity index (χ1n) is 8.20. The summed E-state index contributed by atoms with van der Waals surface area (Å²) >= 11 is 0. The Morgan fingerprint density at radius 2 is 2.05 bits per heavy atom. The van der Waals surface area contributed by atoms with Crippen LogP contribution in [0.4, 0.5) is 0 Å². The summed E-state index contributed by atoms with van der Waals surface area (Å²) in [5.41, 5.74) is 0. The van der Waals surface area contributed by atoms with Crippen molar-refractivity contribution in [2.45, 2.75) is 58.4 Å². The topological polar surface area (TPSA) is 67.1 Å². The minimum absolute atomic E-state index is 0.837. The summed E-state index contributed by atoms with van der Waals surface area (Å²) in [4.78, 5) is 4.23. The maximum absolute atomic E-state index is 4.35. The van der Waals surface area contributed by atoms with Gasteiger partial charge in [0.2, 0.25) is 0 Å². The average Bonchev–Trinajstić information content (AvgIpc) is 2.73. The molecule has 1 aliphatic heterocycles. The fraction of sp³-hybridized carbons (Fsp3) is 0.800. The molecule has 118 valence electrons. The van der Waals surface area contributed by atoms with Gasteiger partial charge in [0, 0.05) is 39.5 Å². The molecule has 2 rings (SSSR count). The monoisotopic (exact) mass is 292 g/mol. The van der Waals surface area contributed by atoms with Crippen molar-refractivity contribution in [2.75, 3.05) is 20.1 Å². The predicted molar refractivity (Wildman–Crippen MR) is 85.6 cm³/mol. The van der Waals surface area contributed by atoms with Crippen LogP contribution in [0.5, 0.6) is 0 Å².